The van der Waals surface area contributed by atoms with Crippen molar-refractivity contribution in [3.8, 4) is 0 Å². The average Bonchev–Trinajstić information content (AvgIpc) is 2.19. The molecule has 0 heterocycles. The number of aldehydes is 1. The monoisotopic (exact) mass is 184 g/mol. The van der Waals surface area contributed by atoms with E-state index < -0.39 is 0 Å². The molecule has 0 aromatic heterocycles. The summed E-state index contributed by atoms with van der Waals surface area (Å²) in [6, 6.07) is 0. The first-order chi connectivity index (χ1) is 6.26. The van der Waals surface area contributed by atoms with Crippen molar-refractivity contribution in [3.05, 3.63) is 0 Å². The molecule has 2 nitrogen and oxygen atoms in total. The molecule has 1 saturated carbocycles. The van der Waals surface area contributed by atoms with Crippen molar-refractivity contribution in [2.45, 2.75) is 58.2 Å². The first-order valence-electron chi connectivity index (χ1n) is 5.37. The van der Waals surface area contributed by atoms with Gasteiger partial charge in [-0.1, -0.05) is 6.92 Å². The highest BCUT2D eigenvalue weighted by molar-refractivity contribution is 5.53. The van der Waals surface area contributed by atoms with Crippen molar-refractivity contribution in [2.24, 2.45) is 5.92 Å². The smallest absolute Gasteiger partial charge is 0.123 e. The Morgan fingerprint density at radius 1 is 1.38 bits per heavy atom. The summed E-state index contributed by atoms with van der Waals surface area (Å²) in [5, 5.41) is 0. The van der Waals surface area contributed by atoms with Crippen LogP contribution >= 0.6 is 0 Å². The van der Waals surface area contributed by atoms with E-state index in [0.717, 1.165) is 38.4 Å². The Morgan fingerprint density at radius 2 is 2.00 bits per heavy atom. The molecule has 0 aromatic rings. The van der Waals surface area contributed by atoms with E-state index in [4.69, 9.17) is 4.74 Å². The Bertz CT molecular complexity index is 148. The van der Waals surface area contributed by atoms with E-state index in [1.165, 1.54) is 0 Å². The lowest BCUT2D eigenvalue weighted by Gasteiger charge is -2.27. The Labute approximate surface area is 80.7 Å². The van der Waals surface area contributed by atoms with Gasteiger partial charge in [0.15, 0.2) is 0 Å². The Balaban J connectivity index is 2.20. The molecule has 0 aromatic carbocycles. The number of hydrogen-bond donors (Lipinski definition) is 0. The summed E-state index contributed by atoms with van der Waals surface area (Å²) in [6.07, 6.45) is 7.12. The first kappa shape index (κ1) is 10.7. The van der Waals surface area contributed by atoms with Crippen LogP contribution in [0.2, 0.25) is 0 Å². The lowest BCUT2D eigenvalue weighted by molar-refractivity contribution is -0.113. The fraction of sp³-hybridized carbons (Fsp3) is 0.909. The van der Waals surface area contributed by atoms with Crippen molar-refractivity contribution in [1.82, 2.24) is 0 Å². The highest BCUT2D eigenvalue weighted by Crippen LogP contribution is 2.25. The fourth-order valence-corrected chi connectivity index (χ4v) is 1.79. The maximum absolute atomic E-state index is 10.5. The second-order valence-electron chi connectivity index (χ2n) is 4.03. The molecule has 1 aliphatic rings. The molecule has 0 N–H and O–H groups in total. The van der Waals surface area contributed by atoms with E-state index in [1.807, 2.05) is 0 Å². The molecule has 0 radical (unpaired) electrons. The quantitative estimate of drug-likeness (QED) is 0.628. The van der Waals surface area contributed by atoms with Crippen LogP contribution in [-0.4, -0.2) is 18.5 Å². The molecule has 0 spiro atoms. The predicted octanol–water partition coefficient (Wildman–Crippen LogP) is 2.56. The van der Waals surface area contributed by atoms with E-state index in [-0.39, 0.29) is 0 Å². The number of hydrogen-bond acceptors (Lipinski definition) is 2. The molecular formula is C11H20O2. The molecule has 76 valence electrons. The zero-order valence-electron chi connectivity index (χ0n) is 8.66. The van der Waals surface area contributed by atoms with Crippen LogP contribution in [0.15, 0.2) is 0 Å². The van der Waals surface area contributed by atoms with Crippen LogP contribution in [0.25, 0.3) is 0 Å². The van der Waals surface area contributed by atoms with Gasteiger partial charge in [-0.05, 0) is 39.0 Å². The summed E-state index contributed by atoms with van der Waals surface area (Å²) < 4.78 is 5.82. The standard InChI is InChI=1S/C11H20O2/c1-3-9(2)13-11-6-4-10(8-12)5-7-11/h8-11H,3-7H2,1-2H3. The van der Waals surface area contributed by atoms with E-state index in [2.05, 4.69) is 13.8 Å². The Kier molecular flexibility index (Phi) is 4.43. The maximum Gasteiger partial charge on any atom is 0.123 e. The SMILES string of the molecule is CCC(C)OC1CCC(C=O)CC1. The van der Waals surface area contributed by atoms with Crippen molar-refractivity contribution >= 4 is 6.29 Å². The highest BCUT2D eigenvalue weighted by Gasteiger charge is 2.21. The van der Waals surface area contributed by atoms with Crippen molar-refractivity contribution < 1.29 is 9.53 Å². The molecule has 0 aliphatic heterocycles. The van der Waals surface area contributed by atoms with Crippen molar-refractivity contribution in [2.75, 3.05) is 0 Å². The molecule has 1 unspecified atom stereocenters. The zero-order valence-corrected chi connectivity index (χ0v) is 8.66. The first-order valence-corrected chi connectivity index (χ1v) is 5.37. The summed E-state index contributed by atoms with van der Waals surface area (Å²) in [7, 11) is 0. The molecular weight excluding hydrogens is 164 g/mol. The topological polar surface area (TPSA) is 26.3 Å². The van der Waals surface area contributed by atoms with E-state index in [0.29, 0.717) is 18.1 Å². The van der Waals surface area contributed by atoms with Crippen LogP contribution in [0.3, 0.4) is 0 Å². The van der Waals surface area contributed by atoms with Crippen LogP contribution < -0.4 is 0 Å². The molecule has 1 rings (SSSR count). The number of carbonyl (C=O) groups is 1. The molecule has 1 aliphatic carbocycles. The summed E-state index contributed by atoms with van der Waals surface area (Å²) in [4.78, 5) is 10.5. The van der Waals surface area contributed by atoms with Gasteiger partial charge in [-0.3, -0.25) is 0 Å². The summed E-state index contributed by atoms with van der Waals surface area (Å²) in [6.45, 7) is 4.26. The second-order valence-corrected chi connectivity index (χ2v) is 4.03. The van der Waals surface area contributed by atoms with Gasteiger partial charge in [-0.2, -0.15) is 0 Å². The number of carbonyl (C=O) groups excluding carboxylic acids is 1. The minimum atomic E-state index is 0.303. The van der Waals surface area contributed by atoms with Gasteiger partial charge in [0.1, 0.15) is 6.29 Å². The van der Waals surface area contributed by atoms with Crippen molar-refractivity contribution in [1.29, 1.82) is 0 Å². The molecule has 1 fully saturated rings. The van der Waals surface area contributed by atoms with E-state index >= 15 is 0 Å². The minimum Gasteiger partial charge on any atom is -0.375 e. The lowest BCUT2D eigenvalue weighted by atomic mass is 9.88. The Hall–Kier alpha value is -0.370. The third kappa shape index (κ3) is 3.47. The zero-order chi connectivity index (χ0) is 9.68. The highest BCUT2D eigenvalue weighted by atomic mass is 16.5. The predicted molar refractivity (Wildman–Crippen MR) is 52.6 cm³/mol. The summed E-state index contributed by atoms with van der Waals surface area (Å²) in [5.41, 5.74) is 0. The van der Waals surface area contributed by atoms with Crippen LogP contribution in [0.5, 0.6) is 0 Å². The van der Waals surface area contributed by atoms with Gasteiger partial charge in [-0.25, -0.2) is 0 Å². The molecule has 1 atom stereocenters. The van der Waals surface area contributed by atoms with Gasteiger partial charge in [0, 0.05) is 5.92 Å². The van der Waals surface area contributed by atoms with Crippen molar-refractivity contribution in [3.63, 3.8) is 0 Å². The summed E-state index contributed by atoms with van der Waals surface area (Å²) in [5.74, 6) is 0.303. The second kappa shape index (κ2) is 5.38. The van der Waals surface area contributed by atoms with Gasteiger partial charge >= 0.3 is 0 Å². The van der Waals surface area contributed by atoms with Gasteiger partial charge in [0.2, 0.25) is 0 Å². The fourth-order valence-electron chi connectivity index (χ4n) is 1.79. The third-order valence-electron chi connectivity index (χ3n) is 2.91. The lowest BCUT2D eigenvalue weighted by Crippen LogP contribution is -2.25. The normalized spacial score (nSPS) is 31.2. The van der Waals surface area contributed by atoms with Gasteiger partial charge < -0.3 is 9.53 Å². The summed E-state index contributed by atoms with van der Waals surface area (Å²) >= 11 is 0. The molecule has 13 heavy (non-hydrogen) atoms. The van der Waals surface area contributed by atoms with Crippen LogP contribution in [0.1, 0.15) is 46.0 Å². The van der Waals surface area contributed by atoms with Crippen LogP contribution in [0.4, 0.5) is 0 Å². The molecule has 0 amide bonds. The van der Waals surface area contributed by atoms with Gasteiger partial charge in [0.25, 0.3) is 0 Å². The van der Waals surface area contributed by atoms with Crippen LogP contribution in [0, 0.1) is 5.92 Å². The van der Waals surface area contributed by atoms with Gasteiger partial charge in [0.05, 0.1) is 12.2 Å². The van der Waals surface area contributed by atoms with E-state index in [1.54, 1.807) is 0 Å². The average molecular weight is 184 g/mol. The molecule has 0 bridgehead atoms. The minimum absolute atomic E-state index is 0.303. The third-order valence-corrected chi connectivity index (χ3v) is 2.91. The molecule has 2 heteroatoms. The van der Waals surface area contributed by atoms with E-state index in [9.17, 15) is 4.79 Å². The maximum atomic E-state index is 10.5. The van der Waals surface area contributed by atoms with Gasteiger partial charge in [-0.15, -0.1) is 0 Å². The largest absolute Gasteiger partial charge is 0.375 e. The van der Waals surface area contributed by atoms with Crippen LogP contribution in [-0.2, 0) is 9.53 Å². The molecule has 0 saturated heterocycles. The number of rotatable bonds is 4. The Morgan fingerprint density at radius 3 is 2.46 bits per heavy atom. The number of ether oxygens (including phenoxy) is 1.